The maximum Gasteiger partial charge on any atom is 0.203 e. The molecule has 0 atom stereocenters. The molecule has 0 aliphatic carbocycles. The average molecular weight is 386 g/mol. The second-order valence-corrected chi connectivity index (χ2v) is 6.21. The number of hydrogen-bond donors (Lipinski definition) is 0. The molecular formula is C22H18N4O3. The Balaban J connectivity index is 1.95. The second kappa shape index (κ2) is 7.52. The minimum atomic E-state index is 0.510. The fraction of sp³-hybridized carbons (Fsp3) is 0.136. The fourth-order valence-corrected chi connectivity index (χ4v) is 3.24. The van der Waals surface area contributed by atoms with E-state index in [1.54, 1.807) is 44.3 Å². The van der Waals surface area contributed by atoms with Gasteiger partial charge in [0.1, 0.15) is 5.69 Å². The third-order valence-electron chi connectivity index (χ3n) is 4.62. The molecule has 2 heterocycles. The molecule has 2 aromatic carbocycles. The number of nitrogens with zero attached hydrogens (tertiary/aromatic N) is 4. The number of hydrogen-bond acceptors (Lipinski definition) is 6. The lowest BCUT2D eigenvalue weighted by molar-refractivity contribution is 0.324. The number of benzene rings is 2. The normalized spacial score (nSPS) is 10.6. The van der Waals surface area contributed by atoms with E-state index in [1.807, 2.05) is 36.4 Å². The number of aromatic nitrogens is 3. The quantitative estimate of drug-likeness (QED) is 0.516. The third kappa shape index (κ3) is 3.11. The zero-order valence-electron chi connectivity index (χ0n) is 16.2. The molecule has 4 rings (SSSR count). The van der Waals surface area contributed by atoms with E-state index in [0.29, 0.717) is 28.5 Å². The molecule has 29 heavy (non-hydrogen) atoms. The molecular weight excluding hydrogens is 368 g/mol. The summed E-state index contributed by atoms with van der Waals surface area (Å²) in [6.45, 7) is 0. The summed E-state index contributed by atoms with van der Waals surface area (Å²) in [6.07, 6.45) is 1.72. The molecule has 2 aromatic heterocycles. The van der Waals surface area contributed by atoms with Gasteiger partial charge in [0.05, 0.1) is 38.6 Å². The van der Waals surface area contributed by atoms with E-state index in [2.05, 4.69) is 11.1 Å². The zero-order chi connectivity index (χ0) is 20.4. The zero-order valence-corrected chi connectivity index (χ0v) is 16.2. The van der Waals surface area contributed by atoms with Gasteiger partial charge >= 0.3 is 0 Å². The Hall–Kier alpha value is -4.05. The third-order valence-corrected chi connectivity index (χ3v) is 4.62. The van der Waals surface area contributed by atoms with Crippen LogP contribution in [0.1, 0.15) is 5.56 Å². The van der Waals surface area contributed by atoms with Crippen LogP contribution < -0.4 is 14.2 Å². The summed E-state index contributed by atoms with van der Waals surface area (Å²) in [5.74, 6) is 1.57. The molecule has 0 fully saturated rings. The van der Waals surface area contributed by atoms with Gasteiger partial charge in [0, 0.05) is 29.3 Å². The van der Waals surface area contributed by atoms with Crippen molar-refractivity contribution < 1.29 is 14.2 Å². The van der Waals surface area contributed by atoms with Crippen molar-refractivity contribution in [1.29, 1.82) is 5.26 Å². The van der Waals surface area contributed by atoms with Crippen LogP contribution in [0.4, 0.5) is 0 Å². The molecule has 0 bridgehead atoms. The molecule has 0 aliphatic rings. The summed E-state index contributed by atoms with van der Waals surface area (Å²) < 4.78 is 18.1. The Labute approximate surface area is 167 Å². The van der Waals surface area contributed by atoms with Gasteiger partial charge in [0.2, 0.25) is 5.75 Å². The topological polar surface area (TPSA) is 82.2 Å². The van der Waals surface area contributed by atoms with Gasteiger partial charge in [-0.3, -0.25) is 0 Å². The van der Waals surface area contributed by atoms with Crippen LogP contribution in [-0.4, -0.2) is 36.1 Å². The van der Waals surface area contributed by atoms with E-state index in [4.69, 9.17) is 24.6 Å². The molecule has 0 amide bonds. The van der Waals surface area contributed by atoms with Gasteiger partial charge in [-0.1, -0.05) is 12.1 Å². The fourth-order valence-electron chi connectivity index (χ4n) is 3.24. The van der Waals surface area contributed by atoms with E-state index < -0.39 is 0 Å². The van der Waals surface area contributed by atoms with Gasteiger partial charge in [-0.05, 0) is 24.3 Å². The molecule has 0 aliphatic heterocycles. The van der Waals surface area contributed by atoms with Crippen molar-refractivity contribution in [1.82, 2.24) is 14.8 Å². The largest absolute Gasteiger partial charge is 0.493 e. The molecule has 0 unspecified atom stereocenters. The van der Waals surface area contributed by atoms with Gasteiger partial charge < -0.3 is 14.2 Å². The number of methoxy groups -OCH3 is 3. The van der Waals surface area contributed by atoms with Crippen molar-refractivity contribution in [3.8, 4) is 40.3 Å². The summed E-state index contributed by atoms with van der Waals surface area (Å²) in [6, 6.07) is 16.9. The van der Waals surface area contributed by atoms with Crippen LogP contribution in [0.5, 0.6) is 17.2 Å². The van der Waals surface area contributed by atoms with Crippen molar-refractivity contribution in [2.45, 2.75) is 0 Å². The van der Waals surface area contributed by atoms with E-state index in [0.717, 1.165) is 22.3 Å². The highest BCUT2D eigenvalue weighted by molar-refractivity contribution is 5.92. The maximum atomic E-state index is 9.05. The first-order chi connectivity index (χ1) is 14.2. The van der Waals surface area contributed by atoms with E-state index >= 15 is 0 Å². The van der Waals surface area contributed by atoms with Crippen LogP contribution in [-0.2, 0) is 0 Å². The van der Waals surface area contributed by atoms with Gasteiger partial charge in [-0.15, -0.1) is 0 Å². The summed E-state index contributed by atoms with van der Waals surface area (Å²) in [7, 11) is 4.71. The predicted octanol–water partition coefficient (Wildman–Crippen LogP) is 3.98. The molecule has 0 spiro atoms. The number of nitriles is 1. The van der Waals surface area contributed by atoms with Crippen molar-refractivity contribution in [2.75, 3.05) is 21.3 Å². The highest BCUT2D eigenvalue weighted by Gasteiger charge is 2.19. The first-order valence-corrected chi connectivity index (χ1v) is 8.84. The monoisotopic (exact) mass is 386 g/mol. The first-order valence-electron chi connectivity index (χ1n) is 8.84. The molecule has 7 heteroatoms. The number of pyridine rings is 1. The van der Waals surface area contributed by atoms with E-state index in [-0.39, 0.29) is 0 Å². The van der Waals surface area contributed by atoms with Crippen LogP contribution in [0.15, 0.2) is 54.7 Å². The SMILES string of the molecule is COc1cc(-n2nc(-c3ccc(C#N)cc3)c3cccnc32)cc(OC)c1OC. The Bertz CT molecular complexity index is 1200. The number of ether oxygens (including phenoxy) is 3. The lowest BCUT2D eigenvalue weighted by Gasteiger charge is -2.14. The first kappa shape index (κ1) is 18.3. The van der Waals surface area contributed by atoms with Gasteiger partial charge in [0.15, 0.2) is 17.1 Å². The highest BCUT2D eigenvalue weighted by atomic mass is 16.5. The number of fused-ring (bicyclic) bond motifs is 1. The van der Waals surface area contributed by atoms with E-state index in [1.165, 1.54) is 0 Å². The average Bonchev–Trinajstić information content (AvgIpc) is 3.17. The van der Waals surface area contributed by atoms with Gasteiger partial charge in [0.25, 0.3) is 0 Å². The lowest BCUT2D eigenvalue weighted by atomic mass is 10.1. The smallest absolute Gasteiger partial charge is 0.203 e. The molecule has 144 valence electrons. The van der Waals surface area contributed by atoms with Crippen LogP contribution in [0.3, 0.4) is 0 Å². The summed E-state index contributed by atoms with van der Waals surface area (Å²) in [5.41, 5.74) is 3.68. The van der Waals surface area contributed by atoms with Crippen LogP contribution >= 0.6 is 0 Å². The number of rotatable bonds is 5. The van der Waals surface area contributed by atoms with Gasteiger partial charge in [-0.2, -0.15) is 10.4 Å². The Morgan fingerprint density at radius 1 is 0.931 bits per heavy atom. The minimum Gasteiger partial charge on any atom is -0.493 e. The van der Waals surface area contributed by atoms with Crippen molar-refractivity contribution >= 4 is 11.0 Å². The maximum absolute atomic E-state index is 9.05. The lowest BCUT2D eigenvalue weighted by Crippen LogP contribution is -2.01. The molecule has 0 N–H and O–H groups in total. The summed E-state index contributed by atoms with van der Waals surface area (Å²) >= 11 is 0. The Morgan fingerprint density at radius 2 is 1.62 bits per heavy atom. The Morgan fingerprint density at radius 3 is 2.21 bits per heavy atom. The highest BCUT2D eigenvalue weighted by Crippen LogP contribution is 2.40. The summed E-state index contributed by atoms with van der Waals surface area (Å²) in [4.78, 5) is 4.53. The molecule has 4 aromatic rings. The van der Waals surface area contributed by atoms with Gasteiger partial charge in [-0.25, -0.2) is 9.67 Å². The van der Waals surface area contributed by atoms with E-state index in [9.17, 15) is 0 Å². The van der Waals surface area contributed by atoms with Crippen molar-refractivity contribution in [3.05, 3.63) is 60.3 Å². The molecule has 7 nitrogen and oxygen atoms in total. The minimum absolute atomic E-state index is 0.510. The molecule has 0 radical (unpaired) electrons. The van der Waals surface area contributed by atoms with Crippen molar-refractivity contribution in [2.24, 2.45) is 0 Å². The van der Waals surface area contributed by atoms with Crippen molar-refractivity contribution in [3.63, 3.8) is 0 Å². The van der Waals surface area contributed by atoms with Crippen LogP contribution in [0.2, 0.25) is 0 Å². The summed E-state index contributed by atoms with van der Waals surface area (Å²) in [5, 5.41) is 14.8. The van der Waals surface area contributed by atoms with Crippen LogP contribution in [0.25, 0.3) is 28.0 Å². The second-order valence-electron chi connectivity index (χ2n) is 6.21. The molecule has 0 saturated heterocycles. The standard InChI is InChI=1S/C22H18N4O3/c1-27-18-11-16(12-19(28-2)21(18)29-3)26-22-17(5-4-10-24-22)20(25-26)15-8-6-14(13-23)7-9-15/h4-12H,1-3H3. The Kier molecular flexibility index (Phi) is 4.75. The van der Waals surface area contributed by atoms with Crippen LogP contribution in [0, 0.1) is 11.3 Å². The predicted molar refractivity (Wildman–Crippen MR) is 109 cm³/mol. The molecule has 0 saturated carbocycles.